The molecule has 2 atom stereocenters. The van der Waals surface area contributed by atoms with E-state index >= 15 is 0 Å². The van der Waals surface area contributed by atoms with Crippen LogP contribution >= 0.6 is 24.0 Å². The van der Waals surface area contributed by atoms with Crippen LogP contribution in [0.4, 0.5) is 0 Å². The molecule has 2 fully saturated rings. The molecule has 3 rings (SSSR count). The first-order valence-electron chi connectivity index (χ1n) is 10.4. The second-order valence-corrected chi connectivity index (χ2v) is 8.24. The zero-order chi connectivity index (χ0) is 18.4. The molecule has 0 bridgehead atoms. The number of likely N-dealkylation sites (tertiary alicyclic amines) is 2. The molecule has 2 aliphatic heterocycles. The molecular weight excluding hydrogens is 447 g/mol. The normalized spacial score (nSPS) is 25.1. The Morgan fingerprint density at radius 3 is 2.44 bits per heavy atom. The average molecular weight is 484 g/mol. The minimum atomic E-state index is 0. The molecule has 4 nitrogen and oxygen atoms in total. The maximum atomic E-state index is 4.56. The molecule has 0 radical (unpaired) electrons. The average Bonchev–Trinajstić information content (AvgIpc) is 2.67. The number of hydrogen-bond acceptors (Lipinski definition) is 2. The lowest BCUT2D eigenvalue weighted by Gasteiger charge is -2.39. The van der Waals surface area contributed by atoms with Crippen molar-refractivity contribution in [2.45, 2.75) is 38.5 Å². The third kappa shape index (κ3) is 6.34. The lowest BCUT2D eigenvalue weighted by Crippen LogP contribution is -2.48. The lowest BCUT2D eigenvalue weighted by molar-refractivity contribution is 0.211. The molecule has 2 aliphatic rings. The van der Waals surface area contributed by atoms with Crippen LogP contribution in [0.1, 0.15) is 44.1 Å². The Hall–Kier alpha value is -0.820. The fraction of sp³-hybridized carbons (Fsp3) is 0.682. The van der Waals surface area contributed by atoms with Crippen molar-refractivity contribution in [3.8, 4) is 0 Å². The summed E-state index contributed by atoms with van der Waals surface area (Å²) in [5.74, 6) is 3.29. The number of benzene rings is 1. The molecule has 0 aromatic heterocycles. The highest BCUT2D eigenvalue weighted by Crippen LogP contribution is 2.32. The number of hydrogen-bond donors (Lipinski definition) is 1. The van der Waals surface area contributed by atoms with Crippen molar-refractivity contribution in [1.82, 2.24) is 15.1 Å². The maximum Gasteiger partial charge on any atom is 0.193 e. The van der Waals surface area contributed by atoms with Gasteiger partial charge in [0, 0.05) is 26.7 Å². The maximum absolute atomic E-state index is 4.56. The summed E-state index contributed by atoms with van der Waals surface area (Å²) in [5, 5.41) is 3.64. The molecule has 152 valence electrons. The summed E-state index contributed by atoms with van der Waals surface area (Å²) in [4.78, 5) is 9.46. The molecule has 1 N–H and O–H groups in total. The van der Waals surface area contributed by atoms with Crippen molar-refractivity contribution in [2.75, 3.05) is 46.8 Å². The third-order valence-electron chi connectivity index (χ3n) is 6.32. The van der Waals surface area contributed by atoms with Gasteiger partial charge >= 0.3 is 0 Å². The van der Waals surface area contributed by atoms with Gasteiger partial charge in [-0.2, -0.15) is 0 Å². The molecule has 2 unspecified atom stereocenters. The van der Waals surface area contributed by atoms with Gasteiger partial charge in [0.05, 0.1) is 0 Å². The van der Waals surface area contributed by atoms with Gasteiger partial charge in [0.1, 0.15) is 0 Å². The van der Waals surface area contributed by atoms with E-state index in [1.807, 2.05) is 7.05 Å². The predicted molar refractivity (Wildman–Crippen MR) is 126 cm³/mol. The molecule has 1 aromatic rings. The Kier molecular flexibility index (Phi) is 9.36. The van der Waals surface area contributed by atoms with E-state index < -0.39 is 0 Å². The third-order valence-corrected chi connectivity index (χ3v) is 6.32. The first kappa shape index (κ1) is 22.5. The molecule has 0 saturated carbocycles. The van der Waals surface area contributed by atoms with Crippen LogP contribution in [0.3, 0.4) is 0 Å². The van der Waals surface area contributed by atoms with Gasteiger partial charge in [-0.15, -0.1) is 24.0 Å². The summed E-state index contributed by atoms with van der Waals surface area (Å²) in [6.07, 6.45) is 5.16. The van der Waals surface area contributed by atoms with E-state index in [9.17, 15) is 0 Å². The minimum Gasteiger partial charge on any atom is -0.356 e. The minimum absolute atomic E-state index is 0. The predicted octanol–water partition coefficient (Wildman–Crippen LogP) is 4.04. The number of aliphatic imine (C=N–C) groups is 1. The Balaban J connectivity index is 0.00000261. The van der Waals surface area contributed by atoms with Crippen molar-refractivity contribution in [3.63, 3.8) is 0 Å². The van der Waals surface area contributed by atoms with Crippen molar-refractivity contribution >= 4 is 29.9 Å². The van der Waals surface area contributed by atoms with Crippen LogP contribution in [0.25, 0.3) is 0 Å². The van der Waals surface area contributed by atoms with E-state index in [0.29, 0.717) is 11.8 Å². The molecule has 1 aromatic carbocycles. The van der Waals surface area contributed by atoms with E-state index in [-0.39, 0.29) is 24.0 Å². The van der Waals surface area contributed by atoms with Crippen molar-refractivity contribution < 1.29 is 0 Å². The van der Waals surface area contributed by atoms with Crippen LogP contribution in [0.2, 0.25) is 0 Å². The zero-order valence-electron chi connectivity index (χ0n) is 17.2. The van der Waals surface area contributed by atoms with Gasteiger partial charge in [-0.3, -0.25) is 4.99 Å². The van der Waals surface area contributed by atoms with Crippen molar-refractivity contribution in [2.24, 2.45) is 16.8 Å². The van der Waals surface area contributed by atoms with E-state index in [1.54, 1.807) is 0 Å². The van der Waals surface area contributed by atoms with Gasteiger partial charge in [-0.25, -0.2) is 0 Å². The molecule has 0 amide bonds. The summed E-state index contributed by atoms with van der Waals surface area (Å²) in [6, 6.07) is 11.0. The number of nitrogens with one attached hydrogen (secondary N) is 1. The summed E-state index contributed by atoms with van der Waals surface area (Å²) in [6.45, 7) is 8.13. The van der Waals surface area contributed by atoms with Crippen LogP contribution in [0.5, 0.6) is 0 Å². The van der Waals surface area contributed by atoms with Crippen molar-refractivity contribution in [3.05, 3.63) is 35.9 Å². The smallest absolute Gasteiger partial charge is 0.193 e. The SMILES string of the molecule is CN=C(NCCC1CCN(C)CC1)N1CCC(c2ccccc2)C(C)C1.I. The van der Waals surface area contributed by atoms with Gasteiger partial charge in [-0.1, -0.05) is 37.3 Å². The van der Waals surface area contributed by atoms with Gasteiger partial charge in [0.2, 0.25) is 0 Å². The zero-order valence-corrected chi connectivity index (χ0v) is 19.6. The van der Waals surface area contributed by atoms with Gasteiger partial charge in [-0.05, 0) is 69.1 Å². The summed E-state index contributed by atoms with van der Waals surface area (Å²) in [5.41, 5.74) is 1.49. The second kappa shape index (κ2) is 11.2. The second-order valence-electron chi connectivity index (χ2n) is 8.24. The molecule has 27 heavy (non-hydrogen) atoms. The first-order valence-corrected chi connectivity index (χ1v) is 10.4. The Bertz CT molecular complexity index is 569. The summed E-state index contributed by atoms with van der Waals surface area (Å²) in [7, 11) is 4.16. The first-order chi connectivity index (χ1) is 12.7. The van der Waals surface area contributed by atoms with Crippen LogP contribution < -0.4 is 5.32 Å². The Labute approximate surface area is 182 Å². The van der Waals surface area contributed by atoms with Crippen LogP contribution in [-0.4, -0.2) is 62.6 Å². The topological polar surface area (TPSA) is 30.9 Å². The summed E-state index contributed by atoms with van der Waals surface area (Å²) >= 11 is 0. The fourth-order valence-corrected chi connectivity index (χ4v) is 4.60. The van der Waals surface area contributed by atoms with Crippen LogP contribution in [0, 0.1) is 11.8 Å². The van der Waals surface area contributed by atoms with E-state index in [0.717, 1.165) is 31.5 Å². The number of nitrogens with zero attached hydrogens (tertiary/aromatic N) is 3. The quantitative estimate of drug-likeness (QED) is 0.398. The molecule has 5 heteroatoms. The highest BCUT2D eigenvalue weighted by Gasteiger charge is 2.28. The lowest BCUT2D eigenvalue weighted by atomic mass is 9.82. The summed E-state index contributed by atoms with van der Waals surface area (Å²) < 4.78 is 0. The van der Waals surface area contributed by atoms with E-state index in [1.165, 1.54) is 44.3 Å². The van der Waals surface area contributed by atoms with Gasteiger partial charge < -0.3 is 15.1 Å². The van der Waals surface area contributed by atoms with E-state index in [4.69, 9.17) is 0 Å². The standard InChI is InChI=1S/C22H36N4.HI/c1-18-17-26(16-12-21(18)20-7-5-4-6-8-20)22(23-2)24-13-9-19-10-14-25(3)15-11-19;/h4-8,18-19,21H,9-17H2,1-3H3,(H,23,24);1H. The Morgan fingerprint density at radius 1 is 1.11 bits per heavy atom. The van der Waals surface area contributed by atoms with Crippen molar-refractivity contribution in [1.29, 1.82) is 0 Å². The highest BCUT2D eigenvalue weighted by molar-refractivity contribution is 14.0. The van der Waals surface area contributed by atoms with E-state index in [2.05, 4.69) is 64.4 Å². The molecule has 2 heterocycles. The molecule has 2 saturated heterocycles. The van der Waals surface area contributed by atoms with Gasteiger partial charge in [0.25, 0.3) is 0 Å². The van der Waals surface area contributed by atoms with Gasteiger partial charge in [0.15, 0.2) is 5.96 Å². The Morgan fingerprint density at radius 2 is 1.81 bits per heavy atom. The number of guanidine groups is 1. The van der Waals surface area contributed by atoms with Crippen LogP contribution in [0.15, 0.2) is 35.3 Å². The number of rotatable bonds is 4. The monoisotopic (exact) mass is 484 g/mol. The molecule has 0 spiro atoms. The largest absolute Gasteiger partial charge is 0.356 e. The van der Waals surface area contributed by atoms with Crippen LogP contribution in [-0.2, 0) is 0 Å². The number of piperidine rings is 2. The number of halogens is 1. The molecule has 0 aliphatic carbocycles. The fourth-order valence-electron chi connectivity index (χ4n) is 4.60. The molecular formula is C22H37IN4. The highest BCUT2D eigenvalue weighted by atomic mass is 127.